The highest BCUT2D eigenvalue weighted by atomic mass is 31.1. The van der Waals surface area contributed by atoms with Gasteiger partial charge in [0.15, 0.2) is 0 Å². The average Bonchev–Trinajstić information content (AvgIpc) is 3.32. The molecule has 0 saturated carbocycles. The van der Waals surface area contributed by atoms with Gasteiger partial charge in [-0.25, -0.2) is 4.83 Å². The molecule has 0 spiro atoms. The number of aromatic nitrogens is 3. The van der Waals surface area contributed by atoms with Gasteiger partial charge in [-0.3, -0.25) is 10.1 Å². The SMILES string of the molecule is Cc1c[nH]c2nc(Nc3ccc4c(c3)OCC3CN(C(C)C)CCN43)nc(Nc3ccccc3N(O)P(C)C)c12. The maximum absolute atomic E-state index is 10.7. The molecule has 0 radical (unpaired) electrons. The lowest BCUT2D eigenvalue weighted by Crippen LogP contribution is -2.58. The van der Waals surface area contributed by atoms with E-state index in [9.17, 15) is 5.21 Å². The molecule has 10 nitrogen and oxygen atoms in total. The lowest BCUT2D eigenvalue weighted by molar-refractivity contribution is 0.142. The third-order valence-corrected chi connectivity index (χ3v) is 8.65. The second-order valence-corrected chi connectivity index (χ2v) is 13.0. The lowest BCUT2D eigenvalue weighted by atomic mass is 10.1. The zero-order valence-corrected chi connectivity index (χ0v) is 24.5. The number of para-hydroxylation sites is 2. The minimum absolute atomic E-state index is 0.368. The van der Waals surface area contributed by atoms with Crippen molar-refractivity contribution in [1.29, 1.82) is 0 Å². The summed E-state index contributed by atoms with van der Waals surface area (Å²) >= 11 is 0. The molecule has 2 aliphatic rings. The van der Waals surface area contributed by atoms with E-state index in [1.165, 1.54) is 4.83 Å². The summed E-state index contributed by atoms with van der Waals surface area (Å²) in [5.41, 5.74) is 5.22. The molecule has 6 rings (SSSR count). The average molecular weight is 561 g/mol. The van der Waals surface area contributed by atoms with Gasteiger partial charge in [0.25, 0.3) is 0 Å². The molecule has 1 fully saturated rings. The summed E-state index contributed by atoms with van der Waals surface area (Å²) in [4.78, 5) is 19.2. The molecule has 4 heterocycles. The first-order valence-corrected chi connectivity index (χ1v) is 15.9. The molecule has 2 aromatic carbocycles. The maximum Gasteiger partial charge on any atom is 0.231 e. The topological polar surface area (TPSA) is 105 Å². The number of fused-ring (bicyclic) bond motifs is 4. The number of ether oxygens (including phenoxy) is 1. The number of nitrogens with zero attached hydrogens (tertiary/aromatic N) is 5. The third kappa shape index (κ3) is 5.03. The van der Waals surface area contributed by atoms with Crippen molar-refractivity contribution >= 4 is 53.6 Å². The van der Waals surface area contributed by atoms with Crippen LogP contribution in [0.4, 0.5) is 34.5 Å². The molecular weight excluding hydrogens is 523 g/mol. The number of aromatic amines is 1. The summed E-state index contributed by atoms with van der Waals surface area (Å²) < 4.78 is 6.24. The van der Waals surface area contributed by atoms with Gasteiger partial charge >= 0.3 is 0 Å². The van der Waals surface area contributed by atoms with Gasteiger partial charge in [-0.15, -0.1) is 0 Å². The van der Waals surface area contributed by atoms with Crippen LogP contribution in [-0.2, 0) is 0 Å². The van der Waals surface area contributed by atoms with E-state index in [-0.39, 0.29) is 0 Å². The Morgan fingerprint density at radius 2 is 1.95 bits per heavy atom. The van der Waals surface area contributed by atoms with E-state index in [1.807, 2.05) is 56.8 Å². The number of anilines is 6. The number of nitrogens with one attached hydrogen (secondary N) is 3. The van der Waals surface area contributed by atoms with E-state index in [1.54, 1.807) is 0 Å². The predicted octanol–water partition coefficient (Wildman–Crippen LogP) is 5.90. The minimum atomic E-state index is -0.735. The van der Waals surface area contributed by atoms with E-state index in [2.05, 4.69) is 51.4 Å². The van der Waals surface area contributed by atoms with Crippen LogP contribution in [0, 0.1) is 6.92 Å². The molecule has 0 bridgehead atoms. The molecule has 4 N–H and O–H groups in total. The number of benzene rings is 2. The normalized spacial score (nSPS) is 17.1. The highest BCUT2D eigenvalue weighted by Crippen LogP contribution is 2.41. The van der Waals surface area contributed by atoms with Gasteiger partial charge in [-0.2, -0.15) is 9.97 Å². The van der Waals surface area contributed by atoms with Crippen LogP contribution in [0.3, 0.4) is 0 Å². The number of hydrogen-bond donors (Lipinski definition) is 4. The molecule has 4 aromatic rings. The van der Waals surface area contributed by atoms with Crippen molar-refractivity contribution in [3.63, 3.8) is 0 Å². The molecule has 1 atom stereocenters. The van der Waals surface area contributed by atoms with Crippen molar-refractivity contribution in [3.8, 4) is 5.75 Å². The standard InChI is InChI=1S/C29H37N8O2P/c1-18(2)35-12-13-36-21(16-35)17-39-25-14-20(10-11-24(25)36)31-29-33-27-26(19(3)15-30-27)28(34-29)32-22-8-6-7-9-23(22)37(38)40(4)5/h6-11,14-15,18,21,38H,12-13,16-17H2,1-5H3,(H3,30,31,32,33,34). The summed E-state index contributed by atoms with van der Waals surface area (Å²) in [6, 6.07) is 14.8. The van der Waals surface area contributed by atoms with Crippen LogP contribution in [0.2, 0.25) is 0 Å². The number of rotatable bonds is 7. The molecule has 0 aliphatic carbocycles. The molecule has 1 saturated heterocycles. The lowest BCUT2D eigenvalue weighted by Gasteiger charge is -2.46. The summed E-state index contributed by atoms with van der Waals surface area (Å²) in [6.07, 6.45) is 1.93. The van der Waals surface area contributed by atoms with Gasteiger partial charge in [-0.1, -0.05) is 12.1 Å². The summed E-state index contributed by atoms with van der Waals surface area (Å²) in [6.45, 7) is 14.3. The van der Waals surface area contributed by atoms with Crippen molar-refractivity contribution in [2.75, 3.05) is 59.9 Å². The predicted molar refractivity (Wildman–Crippen MR) is 164 cm³/mol. The van der Waals surface area contributed by atoms with Gasteiger partial charge in [0.05, 0.1) is 28.5 Å². The Bertz CT molecular complexity index is 1520. The molecule has 11 heteroatoms. The first kappa shape index (κ1) is 26.6. The fraction of sp³-hybridized carbons (Fsp3) is 0.379. The second-order valence-electron chi connectivity index (χ2n) is 10.9. The zero-order valence-electron chi connectivity index (χ0n) is 23.6. The van der Waals surface area contributed by atoms with Crippen LogP contribution in [0.15, 0.2) is 48.7 Å². The van der Waals surface area contributed by atoms with Crippen LogP contribution < -0.4 is 25.1 Å². The number of H-pyrrole nitrogens is 1. The monoisotopic (exact) mass is 560 g/mol. The van der Waals surface area contributed by atoms with Gasteiger partial charge < -0.3 is 25.3 Å². The van der Waals surface area contributed by atoms with Crippen molar-refractivity contribution in [1.82, 2.24) is 19.9 Å². The quantitative estimate of drug-likeness (QED) is 0.163. The number of aryl methyl sites for hydroxylation is 1. The fourth-order valence-electron chi connectivity index (χ4n) is 5.50. The first-order valence-electron chi connectivity index (χ1n) is 13.7. The van der Waals surface area contributed by atoms with Crippen molar-refractivity contribution in [2.24, 2.45) is 0 Å². The van der Waals surface area contributed by atoms with Gasteiger partial charge in [0.2, 0.25) is 5.95 Å². The molecule has 40 heavy (non-hydrogen) atoms. The van der Waals surface area contributed by atoms with Crippen molar-refractivity contribution in [3.05, 3.63) is 54.2 Å². The molecule has 2 aliphatic heterocycles. The van der Waals surface area contributed by atoms with Gasteiger partial charge in [-0.05, 0) is 63.9 Å². The molecule has 0 amide bonds. The Labute approximate surface area is 236 Å². The highest BCUT2D eigenvalue weighted by Gasteiger charge is 2.33. The highest BCUT2D eigenvalue weighted by molar-refractivity contribution is 7.57. The summed E-state index contributed by atoms with van der Waals surface area (Å²) in [7, 11) is -0.735. The van der Waals surface area contributed by atoms with E-state index in [0.29, 0.717) is 36.1 Å². The van der Waals surface area contributed by atoms with Crippen molar-refractivity contribution in [2.45, 2.75) is 32.9 Å². The fourth-order valence-corrected chi connectivity index (χ4v) is 6.10. The number of piperazine rings is 1. The van der Waals surface area contributed by atoms with E-state index < -0.39 is 8.07 Å². The Kier molecular flexibility index (Phi) is 7.16. The largest absolute Gasteiger partial charge is 0.489 e. The van der Waals surface area contributed by atoms with Crippen LogP contribution >= 0.6 is 8.07 Å². The van der Waals surface area contributed by atoms with Crippen LogP contribution in [0.25, 0.3) is 11.0 Å². The molecule has 1 unspecified atom stereocenters. The van der Waals surface area contributed by atoms with E-state index >= 15 is 0 Å². The van der Waals surface area contributed by atoms with Gasteiger partial charge in [0, 0.05) is 51.7 Å². The van der Waals surface area contributed by atoms with Crippen molar-refractivity contribution < 1.29 is 9.94 Å². The Balaban J connectivity index is 1.28. The maximum atomic E-state index is 10.7. The number of hydrogen-bond acceptors (Lipinski definition) is 9. The second kappa shape index (κ2) is 10.8. The Morgan fingerprint density at radius 1 is 1.12 bits per heavy atom. The summed E-state index contributed by atoms with van der Waals surface area (Å²) in [5, 5.41) is 18.4. The van der Waals surface area contributed by atoms with Crippen LogP contribution in [-0.4, -0.2) is 76.7 Å². The molecular formula is C29H37N8O2P. The zero-order chi connectivity index (χ0) is 28.0. The first-order chi connectivity index (χ1) is 19.3. The Hall–Kier alpha value is -3.59. The molecule has 2 aromatic heterocycles. The van der Waals surface area contributed by atoms with Crippen LogP contribution in [0.1, 0.15) is 19.4 Å². The van der Waals surface area contributed by atoms with E-state index in [0.717, 1.165) is 59.0 Å². The third-order valence-electron chi connectivity index (χ3n) is 7.68. The molecule has 210 valence electrons. The summed E-state index contributed by atoms with van der Waals surface area (Å²) in [5.74, 6) is 1.99. The van der Waals surface area contributed by atoms with Gasteiger partial charge in [0.1, 0.15) is 23.8 Å². The van der Waals surface area contributed by atoms with E-state index in [4.69, 9.17) is 14.7 Å². The van der Waals surface area contributed by atoms with Crippen LogP contribution in [0.5, 0.6) is 5.75 Å². The minimum Gasteiger partial charge on any atom is -0.489 e. The smallest absolute Gasteiger partial charge is 0.231 e. The Morgan fingerprint density at radius 3 is 2.75 bits per heavy atom.